The number of carboxylic acids is 1. The molecule has 0 atom stereocenters. The Morgan fingerprint density at radius 2 is 2.47 bits per heavy atom. The van der Waals surface area contributed by atoms with Gasteiger partial charge in [0.25, 0.3) is 0 Å². The second-order valence-electron chi connectivity index (χ2n) is 3.07. The minimum atomic E-state index is -1.07. The van der Waals surface area contributed by atoms with Crippen molar-refractivity contribution in [3.05, 3.63) is 35.5 Å². The maximum atomic E-state index is 10.7. The summed E-state index contributed by atoms with van der Waals surface area (Å²) in [6.07, 6.45) is 1.56. The van der Waals surface area contributed by atoms with Gasteiger partial charge in [-0.15, -0.1) is 5.10 Å². The molecule has 0 aliphatic heterocycles. The number of carbonyl (C=O) groups is 1. The van der Waals surface area contributed by atoms with Crippen molar-refractivity contribution in [2.75, 3.05) is 0 Å². The third-order valence-electron chi connectivity index (χ3n) is 2.07. The standard InChI is InChI=1S/C9H9N3O3/c1-6-8(9(13)14)10-11-12(6)5-7-3-2-4-15-7/h2-4H,5H2,1H3,(H,13,14). The van der Waals surface area contributed by atoms with E-state index in [1.165, 1.54) is 4.68 Å². The van der Waals surface area contributed by atoms with Crippen molar-refractivity contribution in [1.82, 2.24) is 15.0 Å². The predicted octanol–water partition coefficient (Wildman–Crippen LogP) is 0.926. The third kappa shape index (κ3) is 1.74. The molecule has 0 unspecified atom stereocenters. The van der Waals surface area contributed by atoms with Gasteiger partial charge in [-0.3, -0.25) is 0 Å². The van der Waals surface area contributed by atoms with Crippen molar-refractivity contribution < 1.29 is 14.3 Å². The van der Waals surface area contributed by atoms with Crippen molar-refractivity contribution in [3.8, 4) is 0 Å². The summed E-state index contributed by atoms with van der Waals surface area (Å²) < 4.78 is 6.61. The fraction of sp³-hybridized carbons (Fsp3) is 0.222. The third-order valence-corrected chi connectivity index (χ3v) is 2.07. The molecule has 2 rings (SSSR count). The molecule has 0 fully saturated rings. The molecule has 0 bridgehead atoms. The Labute approximate surface area is 85.1 Å². The van der Waals surface area contributed by atoms with E-state index in [1.807, 2.05) is 0 Å². The SMILES string of the molecule is Cc1c(C(=O)O)nnn1Cc1ccco1. The fourth-order valence-electron chi connectivity index (χ4n) is 1.26. The molecule has 6 nitrogen and oxygen atoms in total. The fourth-order valence-corrected chi connectivity index (χ4v) is 1.26. The molecule has 78 valence electrons. The molecule has 2 heterocycles. The Hall–Kier alpha value is -2.11. The molecule has 0 aromatic carbocycles. The lowest BCUT2D eigenvalue weighted by Crippen LogP contribution is -2.05. The second-order valence-corrected chi connectivity index (χ2v) is 3.07. The van der Waals surface area contributed by atoms with Crippen LogP contribution in [0.3, 0.4) is 0 Å². The van der Waals surface area contributed by atoms with E-state index in [9.17, 15) is 4.79 Å². The lowest BCUT2D eigenvalue weighted by Gasteiger charge is -1.99. The summed E-state index contributed by atoms with van der Waals surface area (Å²) in [7, 11) is 0. The average molecular weight is 207 g/mol. The molecule has 15 heavy (non-hydrogen) atoms. The highest BCUT2D eigenvalue weighted by molar-refractivity contribution is 5.86. The molecule has 0 saturated heterocycles. The van der Waals surface area contributed by atoms with Crippen LogP contribution in [-0.2, 0) is 6.54 Å². The predicted molar refractivity (Wildman–Crippen MR) is 49.5 cm³/mol. The van der Waals surface area contributed by atoms with Gasteiger partial charge in [0.15, 0.2) is 5.69 Å². The first kappa shape index (κ1) is 9.45. The monoisotopic (exact) mass is 207 g/mol. The molecule has 0 saturated carbocycles. The van der Waals surface area contributed by atoms with Crippen molar-refractivity contribution >= 4 is 5.97 Å². The van der Waals surface area contributed by atoms with Crippen LogP contribution in [0.2, 0.25) is 0 Å². The van der Waals surface area contributed by atoms with Gasteiger partial charge >= 0.3 is 5.97 Å². The van der Waals surface area contributed by atoms with Crippen molar-refractivity contribution in [3.63, 3.8) is 0 Å². The number of hydrogen-bond donors (Lipinski definition) is 1. The molecule has 0 aliphatic carbocycles. The zero-order chi connectivity index (χ0) is 10.8. The number of hydrogen-bond acceptors (Lipinski definition) is 4. The molecule has 6 heteroatoms. The Kier molecular flexibility index (Phi) is 2.24. The van der Waals surface area contributed by atoms with Crippen LogP contribution in [0.4, 0.5) is 0 Å². The highest BCUT2D eigenvalue weighted by atomic mass is 16.4. The lowest BCUT2D eigenvalue weighted by atomic mass is 10.3. The molecule has 1 N–H and O–H groups in total. The van der Waals surface area contributed by atoms with E-state index in [2.05, 4.69) is 10.3 Å². The van der Waals surface area contributed by atoms with Crippen LogP contribution >= 0.6 is 0 Å². The van der Waals surface area contributed by atoms with Crippen LogP contribution in [-0.4, -0.2) is 26.1 Å². The van der Waals surface area contributed by atoms with E-state index >= 15 is 0 Å². The van der Waals surface area contributed by atoms with Crippen LogP contribution in [0.25, 0.3) is 0 Å². The number of nitrogens with zero attached hydrogens (tertiary/aromatic N) is 3. The highest BCUT2D eigenvalue weighted by Crippen LogP contribution is 2.07. The van der Waals surface area contributed by atoms with E-state index < -0.39 is 5.97 Å². The average Bonchev–Trinajstić information content (AvgIpc) is 2.78. The van der Waals surface area contributed by atoms with Gasteiger partial charge in [-0.25, -0.2) is 9.48 Å². The largest absolute Gasteiger partial charge is 0.476 e. The summed E-state index contributed by atoms with van der Waals surface area (Å²) in [6, 6.07) is 3.56. The quantitative estimate of drug-likeness (QED) is 0.809. The van der Waals surface area contributed by atoms with Crippen LogP contribution in [0, 0.1) is 6.92 Å². The number of rotatable bonds is 3. The van der Waals surface area contributed by atoms with E-state index in [4.69, 9.17) is 9.52 Å². The Morgan fingerprint density at radius 3 is 3.00 bits per heavy atom. The first-order valence-corrected chi connectivity index (χ1v) is 4.34. The van der Waals surface area contributed by atoms with E-state index in [1.54, 1.807) is 25.3 Å². The normalized spacial score (nSPS) is 10.5. The summed E-state index contributed by atoms with van der Waals surface area (Å²) in [4.78, 5) is 10.7. The molecule has 0 aliphatic rings. The molecule has 0 spiro atoms. The Bertz CT molecular complexity index is 473. The summed E-state index contributed by atoms with van der Waals surface area (Å²) >= 11 is 0. The van der Waals surface area contributed by atoms with Crippen molar-refractivity contribution in [2.24, 2.45) is 0 Å². The summed E-state index contributed by atoms with van der Waals surface area (Å²) in [5.74, 6) is -0.363. The molecule has 2 aromatic heterocycles. The van der Waals surface area contributed by atoms with Crippen molar-refractivity contribution in [1.29, 1.82) is 0 Å². The highest BCUT2D eigenvalue weighted by Gasteiger charge is 2.15. The smallest absolute Gasteiger partial charge is 0.358 e. The lowest BCUT2D eigenvalue weighted by molar-refractivity contribution is 0.0689. The van der Waals surface area contributed by atoms with E-state index in [-0.39, 0.29) is 5.69 Å². The molecular formula is C9H9N3O3. The first-order valence-electron chi connectivity index (χ1n) is 4.34. The van der Waals surface area contributed by atoms with Gasteiger partial charge in [0.05, 0.1) is 12.0 Å². The maximum Gasteiger partial charge on any atom is 0.358 e. The van der Waals surface area contributed by atoms with Gasteiger partial charge in [-0.05, 0) is 19.1 Å². The van der Waals surface area contributed by atoms with Gasteiger partial charge in [-0.2, -0.15) is 0 Å². The molecule has 2 aromatic rings. The number of aromatic nitrogens is 3. The van der Waals surface area contributed by atoms with Gasteiger partial charge in [-0.1, -0.05) is 5.21 Å². The molecule has 0 radical (unpaired) electrons. The van der Waals surface area contributed by atoms with Crippen LogP contribution < -0.4 is 0 Å². The van der Waals surface area contributed by atoms with Gasteiger partial charge in [0.2, 0.25) is 0 Å². The zero-order valence-electron chi connectivity index (χ0n) is 8.04. The van der Waals surface area contributed by atoms with Crippen LogP contribution in [0.15, 0.2) is 22.8 Å². The van der Waals surface area contributed by atoms with Crippen LogP contribution in [0.5, 0.6) is 0 Å². The van der Waals surface area contributed by atoms with Crippen LogP contribution in [0.1, 0.15) is 21.9 Å². The number of carboxylic acid groups (broad SMARTS) is 1. The van der Waals surface area contributed by atoms with E-state index in [0.29, 0.717) is 18.0 Å². The topological polar surface area (TPSA) is 81.1 Å². The summed E-state index contributed by atoms with van der Waals surface area (Å²) in [5, 5.41) is 16.1. The first-order chi connectivity index (χ1) is 7.18. The van der Waals surface area contributed by atoms with Gasteiger partial charge in [0, 0.05) is 0 Å². The minimum Gasteiger partial charge on any atom is -0.476 e. The molecule has 0 amide bonds. The molecular weight excluding hydrogens is 198 g/mol. The second kappa shape index (κ2) is 3.56. The zero-order valence-corrected chi connectivity index (χ0v) is 8.04. The minimum absolute atomic E-state index is 0.0263. The Morgan fingerprint density at radius 1 is 1.67 bits per heavy atom. The number of furan rings is 1. The van der Waals surface area contributed by atoms with Crippen molar-refractivity contribution in [2.45, 2.75) is 13.5 Å². The number of aromatic carboxylic acids is 1. The van der Waals surface area contributed by atoms with E-state index in [0.717, 1.165) is 0 Å². The van der Waals surface area contributed by atoms with Gasteiger partial charge in [0.1, 0.15) is 12.3 Å². The summed E-state index contributed by atoms with van der Waals surface area (Å²) in [6.45, 7) is 2.05. The maximum absolute atomic E-state index is 10.7. The Balaban J connectivity index is 2.27. The summed E-state index contributed by atoms with van der Waals surface area (Å²) in [5.41, 5.74) is 0.487. The van der Waals surface area contributed by atoms with Gasteiger partial charge < -0.3 is 9.52 Å².